The maximum atomic E-state index is 12.1. The number of hydrogen-bond acceptors (Lipinski definition) is 6. The number of nitrogens with one attached hydrogen (secondary N) is 3. The molecule has 0 atom stereocenters. The van der Waals surface area contributed by atoms with Crippen molar-refractivity contribution in [3.8, 4) is 28.3 Å². The van der Waals surface area contributed by atoms with E-state index in [-0.39, 0.29) is 5.91 Å². The van der Waals surface area contributed by atoms with E-state index in [1.54, 1.807) is 7.11 Å². The average molecular weight is 667 g/mol. The van der Waals surface area contributed by atoms with Gasteiger partial charge in [-0.05, 0) is 47.5 Å². The zero-order valence-electron chi connectivity index (χ0n) is 24.5. The molecule has 5 N–H and O–H groups in total. The van der Waals surface area contributed by atoms with E-state index in [9.17, 15) is 31.1 Å². The SMILES string of the molecule is COc1ccc(CNCc2cccc(-c3cc(-c4cc5c([nH]4)CCNC5=O)ccn3)c2)cc1.O=C(O)C(F)(F)F.O=C(O)C(F)(F)F. The van der Waals surface area contributed by atoms with Crippen molar-refractivity contribution in [2.75, 3.05) is 13.7 Å². The Bertz CT molecular complexity index is 1660. The molecule has 0 aliphatic carbocycles. The number of carbonyl (C=O) groups excluding carboxylic acids is 1. The first-order chi connectivity index (χ1) is 22.1. The standard InChI is InChI=1S/C27H26N4O2.2C2HF3O2/c1-33-22-7-5-18(6-8-22)16-28-17-19-3-2-4-20(13-19)25-14-21(9-11-29-25)26-15-23-24(31-26)10-12-30-27(23)32;2*3-2(4,5)1(6)7/h2-9,11,13-15,28,31H,10,12,16-17H2,1H3,(H,30,32);2*(H,6,7). The monoisotopic (exact) mass is 666 g/mol. The Hall–Kier alpha value is -5.38. The van der Waals surface area contributed by atoms with Gasteiger partial charge >= 0.3 is 24.3 Å². The molecular formula is C31H28F6N4O6. The summed E-state index contributed by atoms with van der Waals surface area (Å²) >= 11 is 0. The van der Waals surface area contributed by atoms with Crippen LogP contribution in [0.3, 0.4) is 0 Å². The number of hydrogen-bond donors (Lipinski definition) is 5. The first-order valence-corrected chi connectivity index (χ1v) is 13.6. The number of methoxy groups -OCH3 is 1. The number of H-pyrrole nitrogens is 1. The highest BCUT2D eigenvalue weighted by Crippen LogP contribution is 2.27. The third-order valence-electron chi connectivity index (χ3n) is 6.40. The third kappa shape index (κ3) is 10.9. The van der Waals surface area contributed by atoms with Gasteiger partial charge in [0.05, 0.1) is 18.4 Å². The largest absolute Gasteiger partial charge is 0.497 e. The van der Waals surface area contributed by atoms with Crippen molar-refractivity contribution in [1.82, 2.24) is 20.6 Å². The summed E-state index contributed by atoms with van der Waals surface area (Å²) in [6.07, 6.45) is -7.52. The van der Waals surface area contributed by atoms with Crippen molar-refractivity contribution in [3.63, 3.8) is 0 Å². The minimum absolute atomic E-state index is 0.0112. The molecule has 1 amide bonds. The van der Waals surface area contributed by atoms with E-state index in [4.69, 9.17) is 24.5 Å². The number of rotatable bonds is 7. The van der Waals surface area contributed by atoms with Crippen LogP contribution >= 0.6 is 0 Å². The van der Waals surface area contributed by atoms with Gasteiger partial charge in [0, 0.05) is 54.8 Å². The molecule has 0 fully saturated rings. The van der Waals surface area contributed by atoms with Gasteiger partial charge < -0.3 is 30.6 Å². The number of aromatic nitrogens is 2. The summed E-state index contributed by atoms with van der Waals surface area (Å²) in [6.45, 7) is 2.22. The van der Waals surface area contributed by atoms with Crippen molar-refractivity contribution in [2.24, 2.45) is 0 Å². The van der Waals surface area contributed by atoms with Crippen LogP contribution in [0.5, 0.6) is 5.75 Å². The highest BCUT2D eigenvalue weighted by atomic mass is 19.4. The minimum atomic E-state index is -5.08. The summed E-state index contributed by atoms with van der Waals surface area (Å²) in [4.78, 5) is 37.9. The van der Waals surface area contributed by atoms with E-state index in [1.165, 1.54) is 11.1 Å². The molecule has 3 heterocycles. The maximum Gasteiger partial charge on any atom is 0.490 e. The van der Waals surface area contributed by atoms with E-state index in [1.807, 2.05) is 30.5 Å². The molecule has 4 aromatic rings. The number of fused-ring (bicyclic) bond motifs is 1. The number of halogens is 6. The number of aliphatic carboxylic acids is 2. The van der Waals surface area contributed by atoms with Crippen molar-refractivity contribution >= 4 is 17.8 Å². The lowest BCUT2D eigenvalue weighted by Gasteiger charge is -2.11. The molecule has 16 heteroatoms. The van der Waals surface area contributed by atoms with Crippen molar-refractivity contribution in [1.29, 1.82) is 0 Å². The van der Waals surface area contributed by atoms with Crippen molar-refractivity contribution in [2.45, 2.75) is 31.9 Å². The van der Waals surface area contributed by atoms with Crippen LogP contribution in [0.2, 0.25) is 0 Å². The highest BCUT2D eigenvalue weighted by Gasteiger charge is 2.38. The predicted molar refractivity (Wildman–Crippen MR) is 156 cm³/mol. The molecule has 10 nitrogen and oxygen atoms in total. The van der Waals surface area contributed by atoms with Crippen molar-refractivity contribution < 1.29 is 55.7 Å². The molecule has 47 heavy (non-hydrogen) atoms. The molecule has 0 unspecified atom stereocenters. The number of amides is 1. The minimum Gasteiger partial charge on any atom is -0.497 e. The lowest BCUT2D eigenvalue weighted by atomic mass is 10.0. The number of pyridine rings is 1. The first kappa shape index (κ1) is 36.1. The van der Waals surface area contributed by atoms with Crippen LogP contribution in [-0.2, 0) is 29.1 Å². The molecule has 250 valence electrons. The molecule has 1 aliphatic heterocycles. The third-order valence-corrected chi connectivity index (χ3v) is 6.40. The van der Waals surface area contributed by atoms with Crippen LogP contribution in [-0.4, -0.2) is 64.0 Å². The van der Waals surface area contributed by atoms with Gasteiger partial charge in [0.15, 0.2) is 0 Å². The quantitative estimate of drug-likeness (QED) is 0.160. The van der Waals surface area contributed by atoms with Gasteiger partial charge in [0.25, 0.3) is 5.91 Å². The topological polar surface area (TPSA) is 154 Å². The zero-order chi connectivity index (χ0) is 34.8. The van der Waals surface area contributed by atoms with Gasteiger partial charge in [0.2, 0.25) is 0 Å². The van der Waals surface area contributed by atoms with Crippen LogP contribution in [0.1, 0.15) is 27.2 Å². The van der Waals surface area contributed by atoms with E-state index >= 15 is 0 Å². The Balaban J connectivity index is 0.000000360. The Morgan fingerprint density at radius 2 is 1.49 bits per heavy atom. The predicted octanol–water partition coefficient (Wildman–Crippen LogP) is 5.59. The fourth-order valence-electron chi connectivity index (χ4n) is 4.14. The molecule has 2 aromatic carbocycles. The summed E-state index contributed by atoms with van der Waals surface area (Å²) < 4.78 is 68.7. The fourth-order valence-corrected chi connectivity index (χ4v) is 4.14. The first-order valence-electron chi connectivity index (χ1n) is 13.6. The van der Waals surface area contributed by atoms with Gasteiger partial charge in [-0.2, -0.15) is 26.3 Å². The number of carboxylic acid groups (broad SMARTS) is 2. The van der Waals surface area contributed by atoms with Gasteiger partial charge in [0.1, 0.15) is 5.75 Å². The number of alkyl halides is 6. The van der Waals surface area contributed by atoms with Crippen LogP contribution in [0.15, 0.2) is 72.9 Å². The maximum absolute atomic E-state index is 12.1. The van der Waals surface area contributed by atoms with Crippen LogP contribution < -0.4 is 15.4 Å². The lowest BCUT2D eigenvalue weighted by Crippen LogP contribution is -2.31. The average Bonchev–Trinajstić information content (AvgIpc) is 3.47. The smallest absolute Gasteiger partial charge is 0.490 e. The number of carbonyl (C=O) groups is 3. The van der Waals surface area contributed by atoms with Gasteiger partial charge in [-0.25, -0.2) is 9.59 Å². The van der Waals surface area contributed by atoms with Gasteiger partial charge in [-0.1, -0.05) is 30.3 Å². The fraction of sp³-hybridized carbons (Fsp3) is 0.226. The molecule has 1 aliphatic rings. The molecule has 0 bridgehead atoms. The van der Waals surface area contributed by atoms with Crippen LogP contribution in [0.4, 0.5) is 26.3 Å². The molecule has 0 saturated carbocycles. The summed E-state index contributed by atoms with van der Waals surface area (Å²) in [7, 11) is 1.68. The number of nitrogens with zero attached hydrogens (tertiary/aromatic N) is 1. The van der Waals surface area contributed by atoms with E-state index in [2.05, 4.69) is 63.1 Å². The summed E-state index contributed by atoms with van der Waals surface area (Å²) in [5, 5.41) is 20.6. The highest BCUT2D eigenvalue weighted by molar-refractivity contribution is 5.97. The second kappa shape index (κ2) is 15.8. The summed E-state index contributed by atoms with van der Waals surface area (Å²) in [5.74, 6) is -4.66. The number of aromatic amines is 1. The Morgan fingerprint density at radius 3 is 2.06 bits per heavy atom. The lowest BCUT2D eigenvalue weighted by molar-refractivity contribution is -0.193. The second-order valence-electron chi connectivity index (χ2n) is 9.77. The molecule has 0 radical (unpaired) electrons. The number of benzene rings is 2. The van der Waals surface area contributed by atoms with E-state index in [0.717, 1.165) is 59.0 Å². The molecule has 2 aromatic heterocycles. The zero-order valence-corrected chi connectivity index (χ0v) is 24.5. The number of ether oxygens (including phenoxy) is 1. The Labute approximate surface area is 263 Å². The summed E-state index contributed by atoms with van der Waals surface area (Å²) in [5.41, 5.74) is 8.07. The van der Waals surface area contributed by atoms with Gasteiger partial charge in [-0.15, -0.1) is 0 Å². The van der Waals surface area contributed by atoms with E-state index in [0.29, 0.717) is 6.54 Å². The van der Waals surface area contributed by atoms with Gasteiger partial charge in [-0.3, -0.25) is 9.78 Å². The summed E-state index contributed by atoms with van der Waals surface area (Å²) in [6, 6.07) is 22.5. The van der Waals surface area contributed by atoms with Crippen molar-refractivity contribution in [3.05, 3.63) is 95.3 Å². The van der Waals surface area contributed by atoms with E-state index < -0.39 is 24.3 Å². The molecule has 5 rings (SSSR count). The van der Waals surface area contributed by atoms with Crippen LogP contribution in [0, 0.1) is 0 Å². The molecule has 0 saturated heterocycles. The Kier molecular flexibility index (Phi) is 12.1. The second-order valence-corrected chi connectivity index (χ2v) is 9.77. The van der Waals surface area contributed by atoms with Crippen LogP contribution in [0.25, 0.3) is 22.5 Å². The Morgan fingerprint density at radius 1 is 0.872 bits per heavy atom. The number of carboxylic acids is 2. The molecule has 0 spiro atoms. The molecular weight excluding hydrogens is 638 g/mol. The normalized spacial score (nSPS) is 12.4.